The van der Waals surface area contributed by atoms with Crippen molar-refractivity contribution < 1.29 is 59.7 Å². The van der Waals surface area contributed by atoms with Crippen molar-refractivity contribution >= 4 is 44.7 Å². The Morgan fingerprint density at radius 2 is 1.79 bits per heavy atom. The number of nitrogens with one attached hydrogen (secondary N) is 3. The van der Waals surface area contributed by atoms with Crippen LogP contribution in [-0.2, 0) is 46.5 Å². The van der Waals surface area contributed by atoms with Crippen LogP contribution < -0.4 is 24.8 Å². The van der Waals surface area contributed by atoms with Crippen LogP contribution in [0.4, 0.5) is 18.0 Å². The molecule has 3 N–H and O–H groups in total. The van der Waals surface area contributed by atoms with Gasteiger partial charge in [-0.3, -0.25) is 14.4 Å². The summed E-state index contributed by atoms with van der Waals surface area (Å²) in [4.78, 5) is 63.0. The molecule has 4 heterocycles. The molecule has 16 nitrogen and oxygen atoms in total. The summed E-state index contributed by atoms with van der Waals surface area (Å²) >= 11 is 0. The molecule has 68 heavy (non-hydrogen) atoms. The number of rotatable bonds is 17. The van der Waals surface area contributed by atoms with E-state index in [0.29, 0.717) is 37.0 Å². The van der Waals surface area contributed by atoms with Gasteiger partial charge in [-0.05, 0) is 104 Å². The van der Waals surface area contributed by atoms with Crippen LogP contribution >= 0.6 is 0 Å². The topological polar surface area (TPSA) is 195 Å². The minimum Gasteiger partial charge on any atom is -0.491 e. The van der Waals surface area contributed by atoms with E-state index in [2.05, 4.69) is 44.1 Å². The number of alkyl halides is 3. The minimum absolute atomic E-state index is 0.0198. The number of unbranched alkanes of at least 4 members (excludes halogenated alkanes) is 3. The second-order valence-electron chi connectivity index (χ2n) is 19.9. The molecule has 2 aliphatic carbocycles. The van der Waals surface area contributed by atoms with Crippen molar-refractivity contribution in [2.24, 2.45) is 5.92 Å². The van der Waals surface area contributed by atoms with Gasteiger partial charge in [0.25, 0.3) is 5.91 Å². The zero-order valence-electron chi connectivity index (χ0n) is 39.6. The van der Waals surface area contributed by atoms with E-state index in [1.54, 1.807) is 39.0 Å². The monoisotopic (exact) mass is 972 g/mol. The molecule has 4 atom stereocenters. The molecule has 5 aliphatic rings. The number of alkyl carbamates (subject to hydrolysis) is 1. The van der Waals surface area contributed by atoms with E-state index in [-0.39, 0.29) is 43.1 Å². The standard InChI is InChI=1S/C48H63F3N6O10S/c1-7-8-9-10-11-12-31-15-20-47(31,42(60)55-68(62,63)45(5)21-22-45)54-41(59)37-28-46(30-57(37)38(58)29-52-43(61)67-44(2,3)4)19-16-34-35-27-33(65-26-25-64-32-17-23-56(6)24-18-32)13-14-36(35)53-40(39(34)66-46)48(49,50)51/h11-14,27,31-32,37H,7-10,16-19,21-26,28-30H2,1-6H3,(H,52,61)(H,54,59)(H,55,60). The van der Waals surface area contributed by atoms with Crippen molar-refractivity contribution in [3.63, 3.8) is 0 Å². The van der Waals surface area contributed by atoms with E-state index in [1.807, 2.05) is 13.0 Å². The maximum Gasteiger partial charge on any atom is 0.437 e. The van der Waals surface area contributed by atoms with Crippen molar-refractivity contribution in [2.75, 3.05) is 46.4 Å². The fraction of sp³-hybridized carbons (Fsp3) is 0.646. The molecule has 4 unspecified atom stereocenters. The summed E-state index contributed by atoms with van der Waals surface area (Å²) in [5.41, 5.74) is -5.58. The number of carbonyl (C=O) groups is 4. The zero-order valence-corrected chi connectivity index (χ0v) is 40.4. The normalized spacial score (nSPS) is 24.6. The van der Waals surface area contributed by atoms with Crippen LogP contribution in [0, 0.1) is 17.8 Å². The van der Waals surface area contributed by atoms with Gasteiger partial charge in [-0.15, -0.1) is 0 Å². The Kier molecular flexibility index (Phi) is 14.7. The van der Waals surface area contributed by atoms with Gasteiger partial charge in [0, 0.05) is 30.5 Å². The fourth-order valence-electron chi connectivity index (χ4n) is 8.99. The number of carbonyl (C=O) groups excluding carboxylic acids is 4. The van der Waals surface area contributed by atoms with Gasteiger partial charge in [0.1, 0.15) is 36.1 Å². The summed E-state index contributed by atoms with van der Waals surface area (Å²) in [7, 11) is -2.14. The number of allylic oxidation sites excluding steroid dienone is 1. The summed E-state index contributed by atoms with van der Waals surface area (Å²) in [5, 5.41) is 5.44. The van der Waals surface area contributed by atoms with Crippen LogP contribution in [-0.4, -0.2) is 127 Å². The molecule has 1 aromatic heterocycles. The number of piperidine rings is 1. The molecular formula is C48H63F3N6O10S. The Morgan fingerprint density at radius 1 is 1.06 bits per heavy atom. The maximum absolute atomic E-state index is 15.0. The highest BCUT2D eigenvalue weighted by atomic mass is 32.2. The van der Waals surface area contributed by atoms with Crippen LogP contribution in [0.25, 0.3) is 10.9 Å². The van der Waals surface area contributed by atoms with Crippen molar-refractivity contribution in [2.45, 2.75) is 145 Å². The Morgan fingerprint density at radius 3 is 2.44 bits per heavy atom. The Balaban J connectivity index is 1.17. The lowest BCUT2D eigenvalue weighted by atomic mass is 9.75. The quantitative estimate of drug-likeness (QED) is 0.102. The van der Waals surface area contributed by atoms with Crippen LogP contribution in [0.1, 0.15) is 110 Å². The number of pyridine rings is 1. The smallest absolute Gasteiger partial charge is 0.437 e. The lowest BCUT2D eigenvalue weighted by molar-refractivity contribution is -0.144. The molecule has 4 amide bonds. The van der Waals surface area contributed by atoms with Gasteiger partial charge in [-0.1, -0.05) is 43.8 Å². The van der Waals surface area contributed by atoms with Crippen LogP contribution in [0.3, 0.4) is 0 Å². The van der Waals surface area contributed by atoms with Crippen LogP contribution in [0.2, 0.25) is 0 Å². The van der Waals surface area contributed by atoms with E-state index in [0.717, 1.165) is 50.1 Å². The van der Waals surface area contributed by atoms with Gasteiger partial charge in [0.15, 0.2) is 17.0 Å². The van der Waals surface area contributed by atoms with E-state index in [9.17, 15) is 40.8 Å². The first kappa shape index (κ1) is 50.7. The molecule has 3 aliphatic heterocycles. The van der Waals surface area contributed by atoms with E-state index in [1.165, 1.54) is 13.0 Å². The SMILES string of the molecule is CCCCCC=CC1C#CC1(NC(=O)C1CC2(CCc3c(c(C(F)(F)F)nc4ccc(OCCOC5CCN(C)CC5)cc34)O2)CN1C(=O)CNC(=O)OC(C)(C)C)C(=O)NS(=O)(=O)C1(C)CC1. The largest absolute Gasteiger partial charge is 0.491 e. The fourth-order valence-corrected chi connectivity index (χ4v) is 10.3. The number of sulfonamides is 1. The lowest BCUT2D eigenvalue weighted by Crippen LogP contribution is -2.68. The number of aryl methyl sites for hydroxylation is 1. The molecule has 0 radical (unpaired) electrons. The average molecular weight is 973 g/mol. The molecule has 2 aromatic rings. The third-order valence-corrected chi connectivity index (χ3v) is 15.5. The maximum atomic E-state index is 15.0. The van der Waals surface area contributed by atoms with Gasteiger partial charge < -0.3 is 39.4 Å². The second-order valence-corrected chi connectivity index (χ2v) is 22.1. The molecule has 1 spiro atoms. The highest BCUT2D eigenvalue weighted by Crippen LogP contribution is 2.49. The highest BCUT2D eigenvalue weighted by Gasteiger charge is 2.58. The Hall–Kier alpha value is -5.13. The molecule has 372 valence electrons. The Labute approximate surface area is 395 Å². The van der Waals surface area contributed by atoms with Crippen molar-refractivity contribution in [1.82, 2.24) is 30.1 Å². The van der Waals surface area contributed by atoms with Gasteiger partial charge in [-0.2, -0.15) is 13.2 Å². The first-order valence-electron chi connectivity index (χ1n) is 23.5. The van der Waals surface area contributed by atoms with Crippen LogP contribution in [0.15, 0.2) is 30.4 Å². The molecule has 1 aromatic carbocycles. The molecule has 2 saturated heterocycles. The molecular weight excluding hydrogens is 910 g/mol. The van der Waals surface area contributed by atoms with Gasteiger partial charge in [0.2, 0.25) is 21.8 Å². The number of ether oxygens (including phenoxy) is 4. The van der Waals surface area contributed by atoms with Gasteiger partial charge in [0.05, 0.1) is 35.4 Å². The molecule has 0 bridgehead atoms. The number of amides is 4. The molecule has 1 saturated carbocycles. The number of hydrogen-bond acceptors (Lipinski definition) is 12. The summed E-state index contributed by atoms with van der Waals surface area (Å²) < 4.78 is 96.3. The lowest BCUT2D eigenvalue weighted by Gasteiger charge is -2.38. The van der Waals surface area contributed by atoms with E-state index in [4.69, 9.17) is 18.9 Å². The Bertz CT molecular complexity index is 2470. The predicted octanol–water partition coefficient (Wildman–Crippen LogP) is 5.56. The van der Waals surface area contributed by atoms with Gasteiger partial charge in [-0.25, -0.2) is 22.9 Å². The number of likely N-dealkylation sites (tertiary alicyclic amines) is 2. The summed E-state index contributed by atoms with van der Waals surface area (Å²) in [6, 6.07) is 3.13. The summed E-state index contributed by atoms with van der Waals surface area (Å²) in [6.07, 6.45) is 3.25. The number of hydrogen-bond donors (Lipinski definition) is 3. The van der Waals surface area contributed by atoms with Crippen molar-refractivity contribution in [3.05, 3.63) is 41.6 Å². The number of nitrogens with zero attached hydrogens (tertiary/aromatic N) is 3. The number of aromatic nitrogens is 1. The summed E-state index contributed by atoms with van der Waals surface area (Å²) in [6.45, 7) is 9.79. The zero-order chi connectivity index (χ0) is 49.3. The number of benzene rings is 1. The highest BCUT2D eigenvalue weighted by molar-refractivity contribution is 7.91. The van der Waals surface area contributed by atoms with E-state index >= 15 is 0 Å². The first-order chi connectivity index (χ1) is 32.0. The van der Waals surface area contributed by atoms with Crippen molar-refractivity contribution in [1.29, 1.82) is 0 Å². The molecule has 7 rings (SSSR count). The predicted molar refractivity (Wildman–Crippen MR) is 245 cm³/mol. The minimum atomic E-state index is -4.97. The molecule has 20 heteroatoms. The average Bonchev–Trinajstić information content (AvgIpc) is 3.93. The second kappa shape index (κ2) is 19.7. The van der Waals surface area contributed by atoms with E-state index < -0.39 is 98.0 Å². The van der Waals surface area contributed by atoms with Crippen molar-refractivity contribution in [3.8, 4) is 23.3 Å². The van der Waals surface area contributed by atoms with Gasteiger partial charge >= 0.3 is 12.3 Å². The number of halogens is 3. The number of fused-ring (bicyclic) bond motifs is 3. The third-order valence-electron chi connectivity index (χ3n) is 13.3. The third kappa shape index (κ3) is 11.3. The van der Waals surface area contributed by atoms with Crippen LogP contribution in [0.5, 0.6) is 11.5 Å². The molecule has 3 fully saturated rings. The first-order valence-corrected chi connectivity index (χ1v) is 25.0. The summed E-state index contributed by atoms with van der Waals surface area (Å²) in [5.74, 6) is 1.64.